The largest absolute Gasteiger partial charge is 0.620 e. The van der Waals surface area contributed by atoms with E-state index in [4.69, 9.17) is 5.21 Å². The number of quaternary nitrogens is 1. The van der Waals surface area contributed by atoms with Gasteiger partial charge < -0.3 is 10.3 Å². The van der Waals surface area contributed by atoms with Crippen molar-refractivity contribution in [2.75, 3.05) is 6.54 Å². The maximum Gasteiger partial charge on any atom is 0.392 e. The van der Waals surface area contributed by atoms with Crippen LogP contribution in [0.3, 0.4) is 0 Å². The van der Waals surface area contributed by atoms with Gasteiger partial charge in [0.25, 0.3) is 0 Å². The topological polar surface area (TPSA) is 67.8 Å². The van der Waals surface area contributed by atoms with Gasteiger partial charge in [-0.2, -0.15) is 0 Å². The van der Waals surface area contributed by atoms with Crippen molar-refractivity contribution in [1.82, 2.24) is 0 Å². The number of hydrogen-bond donors (Lipinski definition) is 2. The molecule has 0 radical (unpaired) electrons. The first-order valence-corrected chi connectivity index (χ1v) is 6.33. The van der Waals surface area contributed by atoms with Gasteiger partial charge in [0.05, 0.1) is 11.5 Å². The standard InChI is InChI=1S/C15H16N2O3/c18-16(11-10-13-4-2-1-3-5-13)12-14-6-8-15(9-7-14)17(19)20/h1-9,12,16H,10-11H2,(H,19,20)/q+2. The SMILES string of the molecule is O=[N+](O)C1=C[CH+]C(=C[NH+]([O-])CCc2ccccc2)C=C1. The molecule has 1 aliphatic carbocycles. The minimum Gasteiger partial charge on any atom is -0.620 e. The lowest BCUT2D eigenvalue weighted by atomic mass is 10.1. The van der Waals surface area contributed by atoms with Crippen LogP contribution < -0.4 is 5.06 Å². The van der Waals surface area contributed by atoms with Gasteiger partial charge in [-0.1, -0.05) is 30.3 Å². The molecule has 0 heterocycles. The summed E-state index contributed by atoms with van der Waals surface area (Å²) in [5.74, 6) is 0. The van der Waals surface area contributed by atoms with Gasteiger partial charge in [-0.25, -0.2) is 5.21 Å². The van der Waals surface area contributed by atoms with Crippen molar-refractivity contribution >= 4 is 0 Å². The average Bonchev–Trinajstić information content (AvgIpc) is 2.47. The summed E-state index contributed by atoms with van der Waals surface area (Å²) in [5, 5.41) is 20.6. The zero-order valence-electron chi connectivity index (χ0n) is 10.9. The monoisotopic (exact) mass is 272 g/mol. The van der Waals surface area contributed by atoms with E-state index in [9.17, 15) is 10.1 Å². The van der Waals surface area contributed by atoms with E-state index in [1.165, 1.54) is 12.2 Å². The second-order valence-corrected chi connectivity index (χ2v) is 4.46. The van der Waals surface area contributed by atoms with Crippen molar-refractivity contribution in [3.05, 3.63) is 88.1 Å². The molecule has 0 spiro atoms. The van der Waals surface area contributed by atoms with Crippen LogP contribution in [0.5, 0.6) is 0 Å². The summed E-state index contributed by atoms with van der Waals surface area (Å²) in [4.78, 5) is 10.4. The molecule has 2 rings (SSSR count). The van der Waals surface area contributed by atoms with Crippen LogP contribution in [-0.4, -0.2) is 16.7 Å². The second kappa shape index (κ2) is 6.70. The van der Waals surface area contributed by atoms with Crippen LogP contribution >= 0.6 is 0 Å². The molecule has 102 valence electrons. The highest BCUT2D eigenvalue weighted by Crippen LogP contribution is 2.13. The van der Waals surface area contributed by atoms with Gasteiger partial charge in [0.15, 0.2) is 11.8 Å². The summed E-state index contributed by atoms with van der Waals surface area (Å²) in [7, 11) is 0. The molecule has 5 heteroatoms. The number of nitrogens with one attached hydrogen (secondary N) is 1. The third-order valence-electron chi connectivity index (χ3n) is 2.94. The summed E-state index contributed by atoms with van der Waals surface area (Å²) >= 11 is 0. The van der Waals surface area contributed by atoms with Gasteiger partial charge in [-0.3, -0.25) is 0 Å². The molecule has 5 nitrogen and oxygen atoms in total. The van der Waals surface area contributed by atoms with Crippen LogP contribution in [0.4, 0.5) is 0 Å². The summed E-state index contributed by atoms with van der Waals surface area (Å²) in [6.07, 6.45) is 8.42. The summed E-state index contributed by atoms with van der Waals surface area (Å²) in [6.45, 7) is 0.444. The number of benzene rings is 1. The van der Waals surface area contributed by atoms with Crippen LogP contribution in [0.25, 0.3) is 0 Å². The first kappa shape index (κ1) is 14.0. The van der Waals surface area contributed by atoms with Crippen molar-refractivity contribution in [3.8, 4) is 0 Å². The van der Waals surface area contributed by atoms with Crippen molar-refractivity contribution < 1.29 is 15.2 Å². The van der Waals surface area contributed by atoms with E-state index in [-0.39, 0.29) is 15.7 Å². The lowest BCUT2D eigenvalue weighted by Crippen LogP contribution is -3.02. The van der Waals surface area contributed by atoms with Crippen LogP contribution in [0.15, 0.2) is 66.0 Å². The number of hydrogen-bond acceptors (Lipinski definition) is 2. The van der Waals surface area contributed by atoms with Gasteiger partial charge in [0.1, 0.15) is 12.2 Å². The highest BCUT2D eigenvalue weighted by atomic mass is 16.6. The first-order chi connectivity index (χ1) is 9.65. The molecule has 0 saturated carbocycles. The van der Waals surface area contributed by atoms with E-state index in [0.717, 1.165) is 5.56 Å². The smallest absolute Gasteiger partial charge is 0.392 e. The fourth-order valence-electron chi connectivity index (χ4n) is 1.87. The van der Waals surface area contributed by atoms with Gasteiger partial charge in [0, 0.05) is 18.9 Å². The summed E-state index contributed by atoms with van der Waals surface area (Å²) in [5.41, 5.74) is 1.99. The Labute approximate surface area is 117 Å². The van der Waals surface area contributed by atoms with E-state index in [1.807, 2.05) is 30.3 Å². The van der Waals surface area contributed by atoms with Gasteiger partial charge in [-0.15, -0.1) is 0 Å². The first-order valence-electron chi connectivity index (χ1n) is 6.33. The fourth-order valence-corrected chi connectivity index (χ4v) is 1.87. The molecule has 1 unspecified atom stereocenters. The molecular weight excluding hydrogens is 256 g/mol. The highest BCUT2D eigenvalue weighted by Gasteiger charge is 2.23. The third-order valence-corrected chi connectivity index (χ3v) is 2.94. The Bertz CT molecular complexity index is 562. The maximum absolute atomic E-state index is 11.8. The van der Waals surface area contributed by atoms with E-state index < -0.39 is 0 Å². The minimum absolute atomic E-state index is 0.0320. The Morgan fingerprint density at radius 1 is 1.30 bits per heavy atom. The van der Waals surface area contributed by atoms with E-state index >= 15 is 0 Å². The van der Waals surface area contributed by atoms with Crippen LogP contribution in [0.2, 0.25) is 0 Å². The predicted molar refractivity (Wildman–Crippen MR) is 74.4 cm³/mol. The molecule has 0 aliphatic heterocycles. The summed E-state index contributed by atoms with van der Waals surface area (Å²) in [6, 6.07) is 9.83. The number of rotatable bonds is 5. The summed E-state index contributed by atoms with van der Waals surface area (Å²) < 4.78 is 0. The van der Waals surface area contributed by atoms with E-state index in [0.29, 0.717) is 18.5 Å². The van der Waals surface area contributed by atoms with Crippen LogP contribution in [0.1, 0.15) is 5.56 Å². The van der Waals surface area contributed by atoms with E-state index in [1.54, 1.807) is 18.7 Å². The number of nitrogens with zero attached hydrogens (tertiary/aromatic N) is 1. The molecule has 0 saturated heterocycles. The number of hydroxylamine groups is 2. The highest BCUT2D eigenvalue weighted by molar-refractivity contribution is 5.39. The molecule has 1 atom stereocenters. The molecule has 0 fully saturated rings. The fraction of sp³-hybridized carbons (Fsp3) is 0.133. The molecule has 0 bridgehead atoms. The lowest BCUT2D eigenvalue weighted by Gasteiger charge is -2.15. The van der Waals surface area contributed by atoms with Gasteiger partial charge in [-0.05, 0) is 5.56 Å². The number of allylic oxidation sites excluding steroid dienone is 4. The zero-order chi connectivity index (χ0) is 14.4. The molecule has 1 aliphatic rings. The van der Waals surface area contributed by atoms with Crippen LogP contribution in [-0.2, 0) is 6.42 Å². The Kier molecular flexibility index (Phi) is 4.70. The zero-order valence-corrected chi connectivity index (χ0v) is 10.9. The van der Waals surface area contributed by atoms with Crippen LogP contribution in [0, 0.1) is 16.5 Å². The molecular formula is C15H16N2O3+2. The van der Waals surface area contributed by atoms with Gasteiger partial charge >= 0.3 is 10.6 Å². The second-order valence-electron chi connectivity index (χ2n) is 4.46. The Balaban J connectivity index is 1.86. The molecule has 2 N–H and O–H groups in total. The maximum atomic E-state index is 11.8. The molecule has 1 aromatic carbocycles. The van der Waals surface area contributed by atoms with Gasteiger partial charge in [0.2, 0.25) is 0 Å². The Morgan fingerprint density at radius 3 is 2.65 bits per heavy atom. The Hall–Kier alpha value is -2.37. The quantitative estimate of drug-likeness (QED) is 0.627. The predicted octanol–water partition coefficient (Wildman–Crippen LogP) is 1.32. The Morgan fingerprint density at radius 2 is 2.05 bits per heavy atom. The molecule has 1 aromatic rings. The van der Waals surface area contributed by atoms with Crippen molar-refractivity contribution in [3.63, 3.8) is 0 Å². The third kappa shape index (κ3) is 4.08. The van der Waals surface area contributed by atoms with Crippen molar-refractivity contribution in [2.45, 2.75) is 6.42 Å². The minimum atomic E-state index is -0.207. The van der Waals surface area contributed by atoms with Crippen molar-refractivity contribution in [2.24, 2.45) is 0 Å². The average molecular weight is 272 g/mol. The normalized spacial score (nSPS) is 17.4. The molecule has 0 amide bonds. The molecule has 20 heavy (non-hydrogen) atoms. The van der Waals surface area contributed by atoms with Crippen molar-refractivity contribution in [1.29, 1.82) is 0 Å². The van der Waals surface area contributed by atoms with E-state index in [2.05, 4.69) is 0 Å². The lowest BCUT2D eigenvalue weighted by molar-refractivity contribution is -0.791. The molecule has 0 aromatic heterocycles.